The molecule has 0 aromatic heterocycles. The van der Waals surface area contributed by atoms with Gasteiger partial charge in [0.1, 0.15) is 0 Å². The van der Waals surface area contributed by atoms with Gasteiger partial charge in [-0.2, -0.15) is 5.26 Å². The smallest absolute Gasteiger partial charge is 0.0997 e. The Balaban J connectivity index is 2.02. The van der Waals surface area contributed by atoms with Gasteiger partial charge in [-0.25, -0.2) is 0 Å². The first-order chi connectivity index (χ1) is 10.1. The number of benzene rings is 2. The SMILES string of the molecule is N#CC1(C(O)c2cc(Br)ccc2Cl)Cc2ccccc2C1. The fourth-order valence-corrected chi connectivity index (χ4v) is 3.60. The Bertz CT molecular complexity index is 713. The minimum Gasteiger partial charge on any atom is -0.387 e. The van der Waals surface area contributed by atoms with Crippen molar-refractivity contribution >= 4 is 27.5 Å². The molecule has 106 valence electrons. The summed E-state index contributed by atoms with van der Waals surface area (Å²) in [5.74, 6) is 0. The zero-order chi connectivity index (χ0) is 15.0. The van der Waals surface area contributed by atoms with Crippen LogP contribution in [0.4, 0.5) is 0 Å². The van der Waals surface area contributed by atoms with Crippen LogP contribution < -0.4 is 0 Å². The fraction of sp³-hybridized carbons (Fsp3) is 0.235. The van der Waals surface area contributed by atoms with Crippen molar-refractivity contribution in [1.29, 1.82) is 5.26 Å². The lowest BCUT2D eigenvalue weighted by atomic mass is 9.77. The molecule has 1 unspecified atom stereocenters. The molecular formula is C17H13BrClNO. The van der Waals surface area contributed by atoms with E-state index >= 15 is 0 Å². The Labute approximate surface area is 137 Å². The quantitative estimate of drug-likeness (QED) is 0.858. The molecule has 4 heteroatoms. The second-order valence-corrected chi connectivity index (χ2v) is 6.78. The molecule has 2 aromatic rings. The summed E-state index contributed by atoms with van der Waals surface area (Å²) in [7, 11) is 0. The zero-order valence-corrected chi connectivity index (χ0v) is 13.5. The number of nitriles is 1. The van der Waals surface area contributed by atoms with E-state index in [4.69, 9.17) is 11.6 Å². The van der Waals surface area contributed by atoms with Crippen molar-refractivity contribution in [2.45, 2.75) is 18.9 Å². The summed E-state index contributed by atoms with van der Waals surface area (Å²) in [5.41, 5.74) is 2.00. The van der Waals surface area contributed by atoms with Crippen LogP contribution in [0.1, 0.15) is 22.8 Å². The van der Waals surface area contributed by atoms with Crippen molar-refractivity contribution < 1.29 is 5.11 Å². The Morgan fingerprint density at radius 2 is 1.81 bits per heavy atom. The van der Waals surface area contributed by atoms with Crippen molar-refractivity contribution in [3.8, 4) is 6.07 Å². The van der Waals surface area contributed by atoms with Crippen LogP contribution in [0.5, 0.6) is 0 Å². The van der Waals surface area contributed by atoms with Gasteiger partial charge in [-0.15, -0.1) is 0 Å². The monoisotopic (exact) mass is 361 g/mol. The second-order valence-electron chi connectivity index (χ2n) is 5.46. The summed E-state index contributed by atoms with van der Waals surface area (Å²) in [6.07, 6.45) is 0.174. The molecule has 0 saturated carbocycles. The topological polar surface area (TPSA) is 44.0 Å². The van der Waals surface area contributed by atoms with Gasteiger partial charge in [0.2, 0.25) is 0 Å². The molecule has 1 N–H and O–H groups in total. The number of halogens is 2. The van der Waals surface area contributed by atoms with E-state index in [-0.39, 0.29) is 0 Å². The molecule has 3 rings (SSSR count). The number of hydrogen-bond acceptors (Lipinski definition) is 2. The summed E-state index contributed by atoms with van der Waals surface area (Å²) in [6, 6.07) is 15.6. The van der Waals surface area contributed by atoms with Gasteiger partial charge in [0.05, 0.1) is 17.6 Å². The lowest BCUT2D eigenvalue weighted by Crippen LogP contribution is -2.28. The molecule has 0 bridgehead atoms. The maximum absolute atomic E-state index is 10.8. The highest BCUT2D eigenvalue weighted by Gasteiger charge is 2.45. The van der Waals surface area contributed by atoms with E-state index in [1.165, 1.54) is 0 Å². The maximum Gasteiger partial charge on any atom is 0.0997 e. The third-order valence-electron chi connectivity index (χ3n) is 4.13. The van der Waals surface area contributed by atoms with Gasteiger partial charge in [-0.05, 0) is 42.2 Å². The van der Waals surface area contributed by atoms with Crippen molar-refractivity contribution in [2.24, 2.45) is 5.41 Å². The van der Waals surface area contributed by atoms with Crippen LogP contribution in [-0.4, -0.2) is 5.11 Å². The highest BCUT2D eigenvalue weighted by molar-refractivity contribution is 9.10. The summed E-state index contributed by atoms with van der Waals surface area (Å²) in [6.45, 7) is 0. The fourth-order valence-electron chi connectivity index (χ4n) is 3.00. The van der Waals surface area contributed by atoms with E-state index < -0.39 is 11.5 Å². The van der Waals surface area contributed by atoms with E-state index in [2.05, 4.69) is 22.0 Å². The number of aliphatic hydroxyl groups is 1. The Kier molecular flexibility index (Phi) is 3.79. The molecule has 1 atom stereocenters. The summed E-state index contributed by atoms with van der Waals surface area (Å²) in [5, 5.41) is 21.0. The van der Waals surface area contributed by atoms with Gasteiger partial charge in [0, 0.05) is 15.1 Å². The minimum atomic E-state index is -0.917. The van der Waals surface area contributed by atoms with Crippen LogP contribution in [0.15, 0.2) is 46.9 Å². The van der Waals surface area contributed by atoms with Crippen molar-refractivity contribution in [1.82, 2.24) is 0 Å². The van der Waals surface area contributed by atoms with Crippen LogP contribution in [0.25, 0.3) is 0 Å². The molecule has 21 heavy (non-hydrogen) atoms. The van der Waals surface area contributed by atoms with E-state index in [0.29, 0.717) is 23.4 Å². The van der Waals surface area contributed by atoms with Crippen LogP contribution in [0.3, 0.4) is 0 Å². The van der Waals surface area contributed by atoms with Crippen LogP contribution >= 0.6 is 27.5 Å². The normalized spacial score (nSPS) is 17.0. The average molecular weight is 363 g/mol. The summed E-state index contributed by atoms with van der Waals surface area (Å²) in [4.78, 5) is 0. The number of rotatable bonds is 2. The lowest BCUT2D eigenvalue weighted by Gasteiger charge is -2.28. The number of fused-ring (bicyclic) bond motifs is 1. The predicted octanol–water partition coefficient (Wildman–Crippen LogP) is 4.44. The van der Waals surface area contributed by atoms with E-state index in [1.807, 2.05) is 30.3 Å². The van der Waals surface area contributed by atoms with Gasteiger partial charge in [0.15, 0.2) is 0 Å². The Hall–Kier alpha value is -1.34. The number of nitrogens with zero attached hydrogens (tertiary/aromatic N) is 1. The molecule has 0 fully saturated rings. The zero-order valence-electron chi connectivity index (χ0n) is 11.2. The van der Waals surface area contributed by atoms with Crippen molar-refractivity contribution in [3.05, 3.63) is 68.7 Å². The van der Waals surface area contributed by atoms with Gasteiger partial charge in [0.25, 0.3) is 0 Å². The van der Waals surface area contributed by atoms with E-state index in [1.54, 1.807) is 12.1 Å². The van der Waals surface area contributed by atoms with E-state index in [0.717, 1.165) is 15.6 Å². The first-order valence-corrected chi connectivity index (χ1v) is 7.84. The number of aliphatic hydroxyl groups excluding tert-OH is 1. The highest BCUT2D eigenvalue weighted by Crippen LogP contribution is 2.47. The minimum absolute atomic E-state index is 0.483. The molecule has 2 nitrogen and oxygen atoms in total. The first kappa shape index (κ1) is 14.6. The third-order valence-corrected chi connectivity index (χ3v) is 4.97. The molecule has 0 radical (unpaired) electrons. The van der Waals surface area contributed by atoms with Gasteiger partial charge in [-0.1, -0.05) is 51.8 Å². The molecule has 1 aliphatic rings. The average Bonchev–Trinajstić information content (AvgIpc) is 2.89. The van der Waals surface area contributed by atoms with Gasteiger partial charge < -0.3 is 5.11 Å². The largest absolute Gasteiger partial charge is 0.387 e. The van der Waals surface area contributed by atoms with Crippen molar-refractivity contribution in [2.75, 3.05) is 0 Å². The van der Waals surface area contributed by atoms with Gasteiger partial charge >= 0.3 is 0 Å². The third kappa shape index (κ3) is 2.48. The maximum atomic E-state index is 10.8. The lowest BCUT2D eigenvalue weighted by molar-refractivity contribution is 0.0694. The number of hydrogen-bond donors (Lipinski definition) is 1. The first-order valence-electron chi connectivity index (χ1n) is 6.67. The van der Waals surface area contributed by atoms with Crippen LogP contribution in [-0.2, 0) is 12.8 Å². The van der Waals surface area contributed by atoms with Crippen molar-refractivity contribution in [3.63, 3.8) is 0 Å². The molecule has 0 amide bonds. The standard InChI is InChI=1S/C17H13BrClNO/c18-13-5-6-15(19)14(7-13)16(21)17(10-20)8-11-3-1-2-4-12(11)9-17/h1-7,16,21H,8-9H2. The molecule has 0 saturated heterocycles. The summed E-state index contributed by atoms with van der Waals surface area (Å²) >= 11 is 9.60. The molecule has 0 spiro atoms. The molecule has 0 heterocycles. The Morgan fingerprint density at radius 3 is 2.38 bits per heavy atom. The second kappa shape index (κ2) is 5.46. The highest BCUT2D eigenvalue weighted by atomic mass is 79.9. The Morgan fingerprint density at radius 1 is 1.19 bits per heavy atom. The summed E-state index contributed by atoms with van der Waals surface area (Å²) < 4.78 is 0.838. The van der Waals surface area contributed by atoms with E-state index in [9.17, 15) is 10.4 Å². The molecule has 2 aromatic carbocycles. The van der Waals surface area contributed by atoms with Crippen LogP contribution in [0, 0.1) is 16.7 Å². The molecule has 0 aliphatic heterocycles. The predicted molar refractivity (Wildman–Crippen MR) is 86.0 cm³/mol. The molecule has 1 aliphatic carbocycles. The van der Waals surface area contributed by atoms with Gasteiger partial charge in [-0.3, -0.25) is 0 Å². The van der Waals surface area contributed by atoms with Crippen LogP contribution in [0.2, 0.25) is 5.02 Å². The molecular weight excluding hydrogens is 350 g/mol.